The van der Waals surface area contributed by atoms with Gasteiger partial charge in [0.25, 0.3) is 5.91 Å². The summed E-state index contributed by atoms with van der Waals surface area (Å²) < 4.78 is 0. The van der Waals surface area contributed by atoms with Crippen LogP contribution in [-0.4, -0.2) is 5.91 Å². The van der Waals surface area contributed by atoms with Crippen LogP contribution in [0.1, 0.15) is 10.4 Å². The predicted octanol–water partition coefficient (Wildman–Crippen LogP) is 3.75. The molecule has 0 aliphatic carbocycles. The summed E-state index contributed by atoms with van der Waals surface area (Å²) in [5.74, 6) is -0.303. The van der Waals surface area contributed by atoms with Crippen LogP contribution in [0, 0.1) is 0 Å². The highest BCUT2D eigenvalue weighted by Crippen LogP contribution is 2.18. The fraction of sp³-hybridized carbons (Fsp3) is 0. The maximum Gasteiger partial charge on any atom is 0.269 e. The second-order valence-electron chi connectivity index (χ2n) is 3.60. The average Bonchev–Trinajstić information content (AvgIpc) is 2.36. The van der Waals surface area contributed by atoms with E-state index in [0.29, 0.717) is 15.6 Å². The van der Waals surface area contributed by atoms with Crippen molar-refractivity contribution in [2.75, 3.05) is 5.43 Å². The Morgan fingerprint density at radius 1 is 0.944 bits per heavy atom. The van der Waals surface area contributed by atoms with Crippen molar-refractivity contribution in [2.45, 2.75) is 0 Å². The first kappa shape index (κ1) is 12.7. The minimum atomic E-state index is -0.303. The van der Waals surface area contributed by atoms with Gasteiger partial charge < -0.3 is 0 Å². The monoisotopic (exact) mass is 280 g/mol. The number of anilines is 1. The van der Waals surface area contributed by atoms with Gasteiger partial charge in [-0.25, -0.2) is 0 Å². The molecule has 0 fully saturated rings. The van der Waals surface area contributed by atoms with Crippen LogP contribution in [0.3, 0.4) is 0 Å². The van der Waals surface area contributed by atoms with Gasteiger partial charge in [-0.1, -0.05) is 41.4 Å². The Morgan fingerprint density at radius 3 is 2.17 bits per heavy atom. The first-order chi connectivity index (χ1) is 8.65. The molecule has 18 heavy (non-hydrogen) atoms. The Morgan fingerprint density at radius 2 is 1.56 bits per heavy atom. The molecule has 1 amide bonds. The topological polar surface area (TPSA) is 41.1 Å². The van der Waals surface area contributed by atoms with Crippen LogP contribution in [-0.2, 0) is 0 Å². The largest absolute Gasteiger partial charge is 0.298 e. The van der Waals surface area contributed by atoms with E-state index >= 15 is 0 Å². The lowest BCUT2D eigenvalue weighted by molar-refractivity contribution is 0.0962. The fourth-order valence-electron chi connectivity index (χ4n) is 1.41. The zero-order valence-corrected chi connectivity index (χ0v) is 10.8. The summed E-state index contributed by atoms with van der Waals surface area (Å²) >= 11 is 11.7. The molecule has 0 saturated heterocycles. The Labute approximate surface area is 115 Å². The van der Waals surface area contributed by atoms with Crippen molar-refractivity contribution in [3.05, 3.63) is 64.1 Å². The van der Waals surface area contributed by atoms with Crippen LogP contribution in [0.2, 0.25) is 10.0 Å². The Balaban J connectivity index is 2.04. The van der Waals surface area contributed by atoms with Gasteiger partial charge in [0.05, 0.1) is 5.69 Å². The van der Waals surface area contributed by atoms with E-state index < -0.39 is 0 Å². The van der Waals surface area contributed by atoms with E-state index in [1.165, 1.54) is 0 Å². The molecule has 2 N–H and O–H groups in total. The number of hydrogen-bond donors (Lipinski definition) is 2. The molecular weight excluding hydrogens is 271 g/mol. The van der Waals surface area contributed by atoms with Crippen molar-refractivity contribution in [3.8, 4) is 0 Å². The number of carbonyl (C=O) groups is 1. The lowest BCUT2D eigenvalue weighted by atomic mass is 10.2. The second-order valence-corrected chi connectivity index (χ2v) is 4.48. The van der Waals surface area contributed by atoms with Crippen molar-refractivity contribution in [2.24, 2.45) is 0 Å². The number of benzene rings is 2. The zero-order valence-electron chi connectivity index (χ0n) is 9.28. The molecule has 0 aliphatic rings. The normalized spacial score (nSPS) is 9.89. The van der Waals surface area contributed by atoms with Gasteiger partial charge in [0, 0.05) is 15.6 Å². The minimum Gasteiger partial charge on any atom is -0.298 e. The van der Waals surface area contributed by atoms with Crippen LogP contribution >= 0.6 is 23.2 Å². The summed E-state index contributed by atoms with van der Waals surface area (Å²) in [7, 11) is 0. The Hall–Kier alpha value is -1.71. The number of nitrogens with one attached hydrogen (secondary N) is 2. The lowest BCUT2D eigenvalue weighted by Crippen LogP contribution is -2.29. The molecule has 0 aromatic heterocycles. The molecule has 0 bridgehead atoms. The Bertz CT molecular complexity index is 538. The molecule has 2 rings (SSSR count). The molecule has 92 valence electrons. The highest BCUT2D eigenvalue weighted by atomic mass is 35.5. The van der Waals surface area contributed by atoms with Gasteiger partial charge in [-0.05, 0) is 30.3 Å². The third-order valence-electron chi connectivity index (χ3n) is 2.22. The quantitative estimate of drug-likeness (QED) is 0.841. The van der Waals surface area contributed by atoms with E-state index in [0.717, 1.165) is 5.69 Å². The number of carbonyl (C=O) groups excluding carboxylic acids is 1. The summed E-state index contributed by atoms with van der Waals surface area (Å²) in [5.41, 5.74) is 6.55. The van der Waals surface area contributed by atoms with E-state index in [9.17, 15) is 4.79 Å². The number of halogens is 2. The summed E-state index contributed by atoms with van der Waals surface area (Å²) in [6.07, 6.45) is 0. The molecule has 2 aromatic carbocycles. The number of hydrogen-bond acceptors (Lipinski definition) is 2. The van der Waals surface area contributed by atoms with Gasteiger partial charge >= 0.3 is 0 Å². The maximum atomic E-state index is 11.8. The summed E-state index contributed by atoms with van der Waals surface area (Å²) in [5, 5.41) is 0.847. The molecule has 0 aliphatic heterocycles. The van der Waals surface area contributed by atoms with Crippen molar-refractivity contribution in [1.82, 2.24) is 5.43 Å². The molecule has 2 aromatic rings. The lowest BCUT2D eigenvalue weighted by Gasteiger charge is -2.08. The number of hydrazine groups is 1. The van der Waals surface area contributed by atoms with Crippen LogP contribution in [0.15, 0.2) is 48.5 Å². The van der Waals surface area contributed by atoms with Crippen molar-refractivity contribution < 1.29 is 4.79 Å². The van der Waals surface area contributed by atoms with Gasteiger partial charge in [0.1, 0.15) is 0 Å². The molecule has 0 saturated carbocycles. The van der Waals surface area contributed by atoms with Gasteiger partial charge in [-0.3, -0.25) is 15.6 Å². The van der Waals surface area contributed by atoms with E-state index in [2.05, 4.69) is 10.9 Å². The highest BCUT2D eigenvalue weighted by molar-refractivity contribution is 6.35. The SMILES string of the molecule is O=C(NNc1ccccc1)c1cc(Cl)cc(Cl)c1. The summed E-state index contributed by atoms with van der Waals surface area (Å²) in [6, 6.07) is 14.0. The fourth-order valence-corrected chi connectivity index (χ4v) is 1.93. The van der Waals surface area contributed by atoms with E-state index in [1.807, 2.05) is 30.3 Å². The molecule has 0 radical (unpaired) electrons. The van der Waals surface area contributed by atoms with E-state index in [-0.39, 0.29) is 5.91 Å². The van der Waals surface area contributed by atoms with Crippen LogP contribution in [0.4, 0.5) is 5.69 Å². The van der Waals surface area contributed by atoms with Crippen LogP contribution in [0.5, 0.6) is 0 Å². The van der Waals surface area contributed by atoms with Crippen LogP contribution in [0.25, 0.3) is 0 Å². The molecule has 0 atom stereocenters. The third kappa shape index (κ3) is 3.39. The maximum absolute atomic E-state index is 11.8. The van der Waals surface area contributed by atoms with Gasteiger partial charge in [-0.2, -0.15) is 0 Å². The number of amides is 1. The van der Waals surface area contributed by atoms with Crippen molar-refractivity contribution in [3.63, 3.8) is 0 Å². The van der Waals surface area contributed by atoms with Crippen LogP contribution < -0.4 is 10.9 Å². The molecule has 5 heteroatoms. The van der Waals surface area contributed by atoms with Crippen molar-refractivity contribution in [1.29, 1.82) is 0 Å². The summed E-state index contributed by atoms with van der Waals surface area (Å²) in [4.78, 5) is 11.8. The van der Waals surface area contributed by atoms with E-state index in [4.69, 9.17) is 23.2 Å². The third-order valence-corrected chi connectivity index (χ3v) is 2.66. The minimum absolute atomic E-state index is 0.303. The standard InChI is InChI=1S/C13H10Cl2N2O/c14-10-6-9(7-11(15)8-10)13(18)17-16-12-4-2-1-3-5-12/h1-8,16H,(H,17,18). The number of rotatable bonds is 3. The van der Waals surface area contributed by atoms with Gasteiger partial charge in [-0.15, -0.1) is 0 Å². The number of para-hydroxylation sites is 1. The molecule has 0 heterocycles. The van der Waals surface area contributed by atoms with Gasteiger partial charge in [0.15, 0.2) is 0 Å². The molecule has 0 unspecified atom stereocenters. The van der Waals surface area contributed by atoms with Gasteiger partial charge in [0.2, 0.25) is 0 Å². The smallest absolute Gasteiger partial charge is 0.269 e. The molecule has 0 spiro atoms. The average molecular weight is 281 g/mol. The molecule has 3 nitrogen and oxygen atoms in total. The first-order valence-electron chi connectivity index (χ1n) is 5.22. The Kier molecular flexibility index (Phi) is 4.07. The second kappa shape index (κ2) is 5.76. The molecular formula is C13H10Cl2N2O. The predicted molar refractivity (Wildman–Crippen MR) is 74.0 cm³/mol. The highest BCUT2D eigenvalue weighted by Gasteiger charge is 2.07. The summed E-state index contributed by atoms with van der Waals surface area (Å²) in [6.45, 7) is 0. The van der Waals surface area contributed by atoms with E-state index in [1.54, 1.807) is 18.2 Å². The van der Waals surface area contributed by atoms with Crippen molar-refractivity contribution >= 4 is 34.8 Å². The zero-order chi connectivity index (χ0) is 13.0. The first-order valence-corrected chi connectivity index (χ1v) is 5.98.